The Morgan fingerprint density at radius 1 is 1.26 bits per heavy atom. The van der Waals surface area contributed by atoms with Crippen molar-refractivity contribution in [3.63, 3.8) is 0 Å². The summed E-state index contributed by atoms with van der Waals surface area (Å²) < 4.78 is 5.33. The van der Waals surface area contributed by atoms with Gasteiger partial charge in [0.05, 0.1) is 6.61 Å². The zero-order chi connectivity index (χ0) is 19.8. The summed E-state index contributed by atoms with van der Waals surface area (Å²) in [6.45, 7) is 7.13. The van der Waals surface area contributed by atoms with Crippen molar-refractivity contribution in [1.29, 1.82) is 0 Å². The lowest BCUT2D eigenvalue weighted by molar-refractivity contribution is 0.0751. The van der Waals surface area contributed by atoms with Gasteiger partial charge in [0.15, 0.2) is 0 Å². The summed E-state index contributed by atoms with van der Waals surface area (Å²) in [4.78, 5) is 20.3. The minimum absolute atomic E-state index is 0.0143. The third-order valence-electron chi connectivity index (χ3n) is 4.08. The number of anilines is 3. The van der Waals surface area contributed by atoms with E-state index in [1.807, 2.05) is 45.0 Å². The molecule has 8 heteroatoms. The predicted molar refractivity (Wildman–Crippen MR) is 107 cm³/mol. The summed E-state index contributed by atoms with van der Waals surface area (Å²) in [5.41, 5.74) is 13.6. The van der Waals surface area contributed by atoms with Gasteiger partial charge < -0.3 is 26.8 Å². The molecule has 0 bridgehead atoms. The minimum Gasteiger partial charge on any atom is -0.380 e. The summed E-state index contributed by atoms with van der Waals surface area (Å²) in [5, 5.41) is 6.33. The van der Waals surface area contributed by atoms with Crippen LogP contribution < -0.4 is 22.1 Å². The van der Waals surface area contributed by atoms with E-state index in [0.717, 1.165) is 17.7 Å². The Kier molecular flexibility index (Phi) is 7.51. The molecule has 1 aromatic heterocycles. The van der Waals surface area contributed by atoms with Crippen molar-refractivity contribution in [3.8, 4) is 0 Å². The number of primary amides is 1. The van der Waals surface area contributed by atoms with Crippen molar-refractivity contribution in [2.45, 2.75) is 39.3 Å². The molecule has 1 aliphatic rings. The van der Waals surface area contributed by atoms with Crippen molar-refractivity contribution < 1.29 is 9.53 Å². The highest BCUT2D eigenvalue weighted by Gasteiger charge is 2.23. The highest BCUT2D eigenvalue weighted by molar-refractivity contribution is 5.98. The van der Waals surface area contributed by atoms with Crippen LogP contribution in [0.4, 0.5) is 17.5 Å². The number of amides is 1. The number of carbonyl (C=O) groups excluding carboxylic acids is 1. The molecule has 3 rings (SSSR count). The molecule has 0 aliphatic carbocycles. The summed E-state index contributed by atoms with van der Waals surface area (Å²) in [6.07, 6.45) is 2.18. The molecule has 2 atom stereocenters. The molecule has 2 aromatic rings. The van der Waals surface area contributed by atoms with Crippen LogP contribution in [0, 0.1) is 6.92 Å². The molecule has 146 valence electrons. The third-order valence-corrected chi connectivity index (χ3v) is 4.08. The van der Waals surface area contributed by atoms with Crippen LogP contribution in [0.25, 0.3) is 0 Å². The van der Waals surface area contributed by atoms with Crippen LogP contribution in [0.15, 0.2) is 30.5 Å². The molecule has 0 spiro atoms. The van der Waals surface area contributed by atoms with E-state index in [2.05, 4.69) is 20.6 Å². The van der Waals surface area contributed by atoms with Gasteiger partial charge in [-0.2, -0.15) is 4.98 Å². The molecule has 0 saturated carbocycles. The molecule has 0 radical (unpaired) electrons. The van der Waals surface area contributed by atoms with Crippen molar-refractivity contribution in [3.05, 3.63) is 41.6 Å². The molecular weight excluding hydrogens is 344 g/mol. The Hall–Kier alpha value is -2.71. The highest BCUT2D eigenvalue weighted by Crippen LogP contribution is 2.21. The van der Waals surface area contributed by atoms with Crippen LogP contribution in [-0.2, 0) is 4.74 Å². The topological polar surface area (TPSA) is 128 Å². The number of nitrogens with one attached hydrogen (secondary N) is 2. The van der Waals surface area contributed by atoms with Crippen LogP contribution in [0.5, 0.6) is 0 Å². The Morgan fingerprint density at radius 3 is 2.59 bits per heavy atom. The van der Waals surface area contributed by atoms with Gasteiger partial charge in [0.2, 0.25) is 5.95 Å². The van der Waals surface area contributed by atoms with E-state index >= 15 is 0 Å². The standard InChI is InChI=1S/C17H22N6O2.C2H6/c1-10-2-4-11(5-3-10)21-16-12(15(19)24)8-20-17(23-16)22-14-6-7-25-9-13(14)18;1-2/h2-5,8,13-14H,6-7,9,18H2,1H3,(H2,19,24)(H2,20,21,22,23);1-2H3. The van der Waals surface area contributed by atoms with Gasteiger partial charge >= 0.3 is 0 Å². The minimum atomic E-state index is -0.594. The Morgan fingerprint density at radius 2 is 1.96 bits per heavy atom. The number of carbonyl (C=O) groups is 1. The summed E-state index contributed by atoms with van der Waals surface area (Å²) in [6, 6.07) is 7.62. The number of rotatable bonds is 5. The third kappa shape index (κ3) is 5.63. The van der Waals surface area contributed by atoms with E-state index in [4.69, 9.17) is 16.2 Å². The Bertz CT molecular complexity index is 750. The number of nitrogens with two attached hydrogens (primary N) is 2. The summed E-state index contributed by atoms with van der Waals surface area (Å²) in [5.74, 6) is 0.153. The second-order valence-corrected chi connectivity index (χ2v) is 6.09. The quantitative estimate of drug-likeness (QED) is 0.633. The first kappa shape index (κ1) is 20.6. The number of aromatic nitrogens is 2. The maximum atomic E-state index is 11.7. The van der Waals surface area contributed by atoms with Crippen LogP contribution in [-0.4, -0.2) is 41.2 Å². The van der Waals surface area contributed by atoms with Crippen molar-refractivity contribution in [1.82, 2.24) is 9.97 Å². The summed E-state index contributed by atoms with van der Waals surface area (Å²) >= 11 is 0. The molecule has 27 heavy (non-hydrogen) atoms. The molecule has 2 unspecified atom stereocenters. The van der Waals surface area contributed by atoms with Gasteiger partial charge in [-0.05, 0) is 25.5 Å². The Labute approximate surface area is 159 Å². The largest absolute Gasteiger partial charge is 0.380 e. The molecule has 1 fully saturated rings. The molecule has 1 aliphatic heterocycles. The SMILES string of the molecule is CC.Cc1ccc(Nc2nc(NC3CCOCC3N)ncc2C(N)=O)cc1. The number of ether oxygens (including phenoxy) is 1. The van der Waals surface area contributed by atoms with Crippen molar-refractivity contribution in [2.75, 3.05) is 23.8 Å². The van der Waals surface area contributed by atoms with Crippen LogP contribution in [0.3, 0.4) is 0 Å². The second kappa shape index (κ2) is 9.84. The molecule has 6 N–H and O–H groups in total. The number of aryl methyl sites for hydroxylation is 1. The van der Waals surface area contributed by atoms with Gasteiger partial charge in [-0.15, -0.1) is 0 Å². The average molecular weight is 372 g/mol. The number of hydrogen-bond acceptors (Lipinski definition) is 7. The first-order valence-electron chi connectivity index (χ1n) is 9.13. The monoisotopic (exact) mass is 372 g/mol. The van der Waals surface area contributed by atoms with Crippen LogP contribution in [0.1, 0.15) is 36.2 Å². The lowest BCUT2D eigenvalue weighted by Gasteiger charge is -2.29. The molecular formula is C19H28N6O2. The number of nitrogens with zero attached hydrogens (tertiary/aromatic N) is 2. The van der Waals surface area contributed by atoms with E-state index in [1.165, 1.54) is 6.20 Å². The van der Waals surface area contributed by atoms with Gasteiger partial charge in [0, 0.05) is 30.6 Å². The van der Waals surface area contributed by atoms with Crippen molar-refractivity contribution >= 4 is 23.4 Å². The van der Waals surface area contributed by atoms with Gasteiger partial charge in [0.25, 0.3) is 5.91 Å². The lowest BCUT2D eigenvalue weighted by atomic mass is 10.1. The molecule has 2 heterocycles. The van der Waals surface area contributed by atoms with Crippen LogP contribution in [0.2, 0.25) is 0 Å². The van der Waals surface area contributed by atoms with E-state index in [0.29, 0.717) is 25.0 Å². The number of hydrogen-bond donors (Lipinski definition) is 4. The fourth-order valence-corrected chi connectivity index (χ4v) is 2.61. The normalized spacial score (nSPS) is 18.8. The smallest absolute Gasteiger partial charge is 0.254 e. The van der Waals surface area contributed by atoms with E-state index < -0.39 is 5.91 Å². The zero-order valence-electron chi connectivity index (χ0n) is 16.0. The zero-order valence-corrected chi connectivity index (χ0v) is 16.0. The fourth-order valence-electron chi connectivity index (χ4n) is 2.61. The molecule has 1 saturated heterocycles. The van der Waals surface area contributed by atoms with Crippen molar-refractivity contribution in [2.24, 2.45) is 11.5 Å². The Balaban J connectivity index is 0.00000126. The highest BCUT2D eigenvalue weighted by atomic mass is 16.5. The molecule has 1 amide bonds. The predicted octanol–water partition coefficient (Wildman–Crippen LogP) is 2.18. The summed E-state index contributed by atoms with van der Waals surface area (Å²) in [7, 11) is 0. The van der Waals surface area contributed by atoms with Gasteiger partial charge in [-0.1, -0.05) is 31.5 Å². The lowest BCUT2D eigenvalue weighted by Crippen LogP contribution is -2.47. The van der Waals surface area contributed by atoms with E-state index in [9.17, 15) is 4.79 Å². The van der Waals surface area contributed by atoms with Gasteiger partial charge in [0.1, 0.15) is 11.4 Å². The first-order valence-corrected chi connectivity index (χ1v) is 9.13. The molecule has 8 nitrogen and oxygen atoms in total. The van der Waals surface area contributed by atoms with Gasteiger partial charge in [-0.3, -0.25) is 4.79 Å². The van der Waals surface area contributed by atoms with Crippen LogP contribution >= 0.6 is 0 Å². The maximum Gasteiger partial charge on any atom is 0.254 e. The average Bonchev–Trinajstić information content (AvgIpc) is 2.67. The van der Waals surface area contributed by atoms with E-state index in [-0.39, 0.29) is 17.6 Å². The first-order chi connectivity index (χ1) is 13.0. The maximum absolute atomic E-state index is 11.7. The second-order valence-electron chi connectivity index (χ2n) is 6.09. The fraction of sp³-hybridized carbons (Fsp3) is 0.421. The van der Waals surface area contributed by atoms with E-state index in [1.54, 1.807) is 0 Å². The molecule has 1 aromatic carbocycles. The van der Waals surface area contributed by atoms with Gasteiger partial charge in [-0.25, -0.2) is 4.98 Å². The number of benzene rings is 1.